The van der Waals surface area contributed by atoms with Crippen molar-refractivity contribution in [2.45, 2.75) is 59.7 Å². The standard InChI is InChI=1S/C34H45F2N5O4/c1-33(2,3)30(41(29(43)21-42)19-24-18-40(17-23(24)15-37)32(44)45-34(4,5)6)31-38-28(26-14-25(35)12-13-27(26)36)20-39(31)16-22-10-8-7-9-11-22/h7-14,20,23-24,30,42H,15-19,21,37H2,1-6H3. The van der Waals surface area contributed by atoms with E-state index in [4.69, 9.17) is 15.5 Å². The van der Waals surface area contributed by atoms with Crippen LogP contribution in [0.1, 0.15) is 59.0 Å². The van der Waals surface area contributed by atoms with Crippen LogP contribution in [0.15, 0.2) is 54.7 Å². The third kappa shape index (κ3) is 8.26. The molecule has 11 heteroatoms. The highest BCUT2D eigenvalue weighted by molar-refractivity contribution is 5.78. The molecule has 0 aliphatic carbocycles. The summed E-state index contributed by atoms with van der Waals surface area (Å²) in [5.74, 6) is -1.61. The molecule has 0 bridgehead atoms. The van der Waals surface area contributed by atoms with Crippen LogP contribution < -0.4 is 5.73 Å². The first kappa shape index (κ1) is 34.1. The molecule has 45 heavy (non-hydrogen) atoms. The minimum absolute atomic E-state index is 0.00254. The molecule has 9 nitrogen and oxygen atoms in total. The number of halogens is 2. The maximum absolute atomic E-state index is 15.0. The Balaban J connectivity index is 1.79. The van der Waals surface area contributed by atoms with Crippen molar-refractivity contribution < 1.29 is 28.2 Å². The molecule has 0 saturated carbocycles. The van der Waals surface area contributed by atoms with E-state index in [-0.39, 0.29) is 36.2 Å². The van der Waals surface area contributed by atoms with Crippen molar-refractivity contribution >= 4 is 12.0 Å². The third-order valence-electron chi connectivity index (χ3n) is 8.00. The van der Waals surface area contributed by atoms with E-state index in [0.717, 1.165) is 23.8 Å². The Bertz CT molecular complexity index is 1480. The Labute approximate surface area is 264 Å². The Morgan fingerprint density at radius 1 is 1.07 bits per heavy atom. The summed E-state index contributed by atoms with van der Waals surface area (Å²) >= 11 is 0. The molecule has 4 rings (SSSR count). The minimum Gasteiger partial charge on any atom is -0.444 e. The van der Waals surface area contributed by atoms with Gasteiger partial charge in [-0.3, -0.25) is 4.79 Å². The van der Waals surface area contributed by atoms with Crippen molar-refractivity contribution in [2.75, 3.05) is 32.8 Å². The van der Waals surface area contributed by atoms with Crippen LogP contribution in [-0.2, 0) is 16.1 Å². The number of carbonyl (C=O) groups is 2. The summed E-state index contributed by atoms with van der Waals surface area (Å²) in [6, 6.07) is 12.1. The lowest BCUT2D eigenvalue weighted by Gasteiger charge is -2.41. The van der Waals surface area contributed by atoms with Crippen molar-refractivity contribution in [1.82, 2.24) is 19.4 Å². The molecule has 3 aromatic rings. The molecule has 0 spiro atoms. The van der Waals surface area contributed by atoms with Gasteiger partial charge in [0.05, 0.1) is 11.7 Å². The van der Waals surface area contributed by atoms with E-state index in [0.29, 0.717) is 25.5 Å². The Kier molecular flexibility index (Phi) is 10.3. The number of likely N-dealkylation sites (tertiary alicyclic amines) is 1. The normalized spacial score (nSPS) is 17.8. The zero-order chi connectivity index (χ0) is 33.1. The Morgan fingerprint density at radius 3 is 2.33 bits per heavy atom. The molecule has 2 heterocycles. The summed E-state index contributed by atoms with van der Waals surface area (Å²) in [5.41, 5.74) is 6.04. The van der Waals surface area contributed by atoms with Crippen LogP contribution in [0.2, 0.25) is 0 Å². The second-order valence-electron chi connectivity index (χ2n) is 13.8. The predicted octanol–water partition coefficient (Wildman–Crippen LogP) is 5.23. The molecule has 244 valence electrons. The quantitative estimate of drug-likeness (QED) is 0.337. The molecule has 2 amide bonds. The van der Waals surface area contributed by atoms with Crippen LogP contribution in [0.5, 0.6) is 0 Å². The molecule has 1 aliphatic heterocycles. The number of imidazole rings is 1. The number of aliphatic hydroxyl groups is 1. The van der Waals surface area contributed by atoms with E-state index in [1.807, 2.05) is 55.7 Å². The predicted molar refractivity (Wildman–Crippen MR) is 168 cm³/mol. The van der Waals surface area contributed by atoms with Crippen LogP contribution in [-0.4, -0.2) is 74.8 Å². The number of benzene rings is 2. The fourth-order valence-electron chi connectivity index (χ4n) is 5.96. The minimum atomic E-state index is -0.743. The monoisotopic (exact) mass is 625 g/mol. The van der Waals surface area contributed by atoms with Crippen molar-refractivity contribution in [3.05, 3.63) is 77.8 Å². The smallest absolute Gasteiger partial charge is 0.410 e. The van der Waals surface area contributed by atoms with Gasteiger partial charge in [0.15, 0.2) is 0 Å². The average molecular weight is 626 g/mol. The Morgan fingerprint density at radius 2 is 1.73 bits per heavy atom. The van der Waals surface area contributed by atoms with Crippen LogP contribution >= 0.6 is 0 Å². The summed E-state index contributed by atoms with van der Waals surface area (Å²) in [6.45, 7) is 12.1. The fourth-order valence-corrected chi connectivity index (χ4v) is 5.96. The summed E-state index contributed by atoms with van der Waals surface area (Å²) in [6.07, 6.45) is 1.22. The third-order valence-corrected chi connectivity index (χ3v) is 8.00. The molecule has 1 saturated heterocycles. The van der Waals surface area contributed by atoms with E-state index in [9.17, 15) is 23.5 Å². The molecular formula is C34H45F2N5O4. The van der Waals surface area contributed by atoms with Crippen LogP contribution in [0.4, 0.5) is 13.6 Å². The lowest BCUT2D eigenvalue weighted by atomic mass is 9.83. The summed E-state index contributed by atoms with van der Waals surface area (Å²) in [5, 5.41) is 10.2. The van der Waals surface area contributed by atoms with Crippen LogP contribution in [0, 0.1) is 28.9 Å². The maximum Gasteiger partial charge on any atom is 0.410 e. The molecule has 3 N–H and O–H groups in total. The first-order valence-corrected chi connectivity index (χ1v) is 15.3. The molecule has 0 radical (unpaired) electrons. The number of nitrogens with two attached hydrogens (primary N) is 1. The highest BCUT2D eigenvalue weighted by Gasteiger charge is 2.43. The molecule has 1 fully saturated rings. The van der Waals surface area contributed by atoms with Crippen LogP contribution in [0.25, 0.3) is 11.3 Å². The van der Waals surface area contributed by atoms with Gasteiger partial charge >= 0.3 is 6.09 Å². The van der Waals surface area contributed by atoms with E-state index in [1.54, 1.807) is 36.8 Å². The van der Waals surface area contributed by atoms with Gasteiger partial charge in [0.25, 0.3) is 0 Å². The number of hydrogen-bond donors (Lipinski definition) is 2. The van der Waals surface area contributed by atoms with Crippen molar-refractivity contribution in [3.63, 3.8) is 0 Å². The van der Waals surface area contributed by atoms with E-state index >= 15 is 0 Å². The summed E-state index contributed by atoms with van der Waals surface area (Å²) in [4.78, 5) is 34.6. The first-order chi connectivity index (χ1) is 21.1. The van der Waals surface area contributed by atoms with Gasteiger partial charge in [0.2, 0.25) is 5.91 Å². The van der Waals surface area contributed by atoms with Gasteiger partial charge < -0.3 is 29.9 Å². The van der Waals surface area contributed by atoms with Gasteiger partial charge in [-0.25, -0.2) is 18.6 Å². The molecule has 3 atom stereocenters. The SMILES string of the molecule is CC(C)(C)OC(=O)N1CC(CN)C(CN(C(=O)CO)C(c2nc(-c3cc(F)ccc3F)cn2Cc2ccccc2)C(C)(C)C)C1. The molecule has 1 aliphatic rings. The number of amides is 2. The van der Waals surface area contributed by atoms with Crippen LogP contribution in [0.3, 0.4) is 0 Å². The summed E-state index contributed by atoms with van der Waals surface area (Å²) in [7, 11) is 0. The van der Waals surface area contributed by atoms with Gasteiger partial charge in [-0.2, -0.15) is 0 Å². The summed E-state index contributed by atoms with van der Waals surface area (Å²) < 4.78 is 36.7. The van der Waals surface area contributed by atoms with E-state index in [1.165, 1.54) is 0 Å². The second-order valence-corrected chi connectivity index (χ2v) is 13.8. The lowest BCUT2D eigenvalue weighted by Crippen LogP contribution is -2.47. The first-order valence-electron chi connectivity index (χ1n) is 15.3. The highest BCUT2D eigenvalue weighted by Crippen LogP contribution is 2.41. The van der Waals surface area contributed by atoms with Crippen molar-refractivity contribution in [3.8, 4) is 11.3 Å². The number of rotatable bonds is 9. The maximum atomic E-state index is 15.0. The van der Waals surface area contributed by atoms with Gasteiger partial charge in [-0.15, -0.1) is 0 Å². The average Bonchev–Trinajstić information content (AvgIpc) is 3.56. The lowest BCUT2D eigenvalue weighted by molar-refractivity contribution is -0.140. The number of ether oxygens (including phenoxy) is 1. The molecule has 3 unspecified atom stereocenters. The van der Waals surface area contributed by atoms with E-state index < -0.39 is 47.3 Å². The fraction of sp³-hybridized carbons (Fsp3) is 0.500. The van der Waals surface area contributed by atoms with Gasteiger partial charge in [0.1, 0.15) is 29.7 Å². The number of nitrogens with zero attached hydrogens (tertiary/aromatic N) is 4. The topological polar surface area (TPSA) is 114 Å². The zero-order valence-corrected chi connectivity index (χ0v) is 27.0. The zero-order valence-electron chi connectivity index (χ0n) is 27.0. The number of carbonyl (C=O) groups excluding carboxylic acids is 2. The van der Waals surface area contributed by atoms with Crippen molar-refractivity contribution in [1.29, 1.82) is 0 Å². The van der Waals surface area contributed by atoms with Gasteiger partial charge in [-0.1, -0.05) is 51.1 Å². The molecule has 1 aromatic heterocycles. The highest BCUT2D eigenvalue weighted by atomic mass is 19.1. The number of aliphatic hydroxyl groups excluding tert-OH is 1. The van der Waals surface area contributed by atoms with Gasteiger partial charge in [0, 0.05) is 37.9 Å². The molecule has 2 aromatic carbocycles. The number of aromatic nitrogens is 2. The Hall–Kier alpha value is -3.83. The molecular weight excluding hydrogens is 580 g/mol. The van der Waals surface area contributed by atoms with Crippen molar-refractivity contribution in [2.24, 2.45) is 23.0 Å². The van der Waals surface area contributed by atoms with Gasteiger partial charge in [-0.05, 0) is 68.3 Å². The number of hydrogen-bond acceptors (Lipinski definition) is 6. The second kappa shape index (κ2) is 13.7. The van der Waals surface area contributed by atoms with E-state index in [2.05, 4.69) is 0 Å². The largest absolute Gasteiger partial charge is 0.444 e.